The Morgan fingerprint density at radius 2 is 1.78 bits per heavy atom. The molecule has 3 fully saturated rings. The summed E-state index contributed by atoms with van der Waals surface area (Å²) < 4.78 is 11.9. The van der Waals surface area contributed by atoms with Crippen molar-refractivity contribution in [2.24, 2.45) is 0 Å². The van der Waals surface area contributed by atoms with Gasteiger partial charge in [0.25, 0.3) is 5.91 Å². The lowest BCUT2D eigenvalue weighted by Crippen LogP contribution is -2.53. The molecule has 194 valence electrons. The topological polar surface area (TPSA) is 105 Å². The summed E-state index contributed by atoms with van der Waals surface area (Å²) in [5, 5.41) is 2.18. The van der Waals surface area contributed by atoms with Crippen molar-refractivity contribution in [3.8, 4) is 5.75 Å². The number of hydrogen-bond acceptors (Lipinski definition) is 7. The Bertz CT molecular complexity index is 1180. The summed E-state index contributed by atoms with van der Waals surface area (Å²) in [5.41, 5.74) is 3.09. The molecule has 5 rings (SSSR count). The average Bonchev–Trinajstić information content (AvgIpc) is 3.23. The second kappa shape index (κ2) is 10.8. The lowest BCUT2D eigenvalue weighted by molar-refractivity contribution is -0.139. The molecule has 2 aromatic carbocycles. The first kappa shape index (κ1) is 25.1. The summed E-state index contributed by atoms with van der Waals surface area (Å²) in [6, 6.07) is 12.4. The van der Waals surface area contributed by atoms with Crippen molar-refractivity contribution in [1.82, 2.24) is 15.1 Å². The molecule has 9 nitrogen and oxygen atoms in total. The first-order valence-corrected chi connectivity index (χ1v) is 12.7. The van der Waals surface area contributed by atoms with Crippen molar-refractivity contribution in [1.29, 1.82) is 0 Å². The van der Waals surface area contributed by atoms with Crippen molar-refractivity contribution in [3.05, 3.63) is 64.7 Å². The van der Waals surface area contributed by atoms with E-state index in [1.54, 1.807) is 25.1 Å². The van der Waals surface area contributed by atoms with Gasteiger partial charge in [0.2, 0.25) is 18.2 Å². The molecule has 3 heterocycles. The lowest BCUT2D eigenvalue weighted by atomic mass is 10.0. The molecule has 2 aromatic rings. The fourth-order valence-electron chi connectivity index (χ4n) is 5.34. The molecule has 3 atom stereocenters. The number of hydrogen-bond donors (Lipinski definition) is 1. The van der Waals surface area contributed by atoms with Crippen LogP contribution in [0.2, 0.25) is 0 Å². The number of likely N-dealkylation sites (tertiary alicyclic amines) is 1. The zero-order chi connectivity index (χ0) is 25.9. The van der Waals surface area contributed by atoms with E-state index < -0.39 is 23.8 Å². The molecular formula is C28H31N3O6. The molecular weight excluding hydrogens is 474 g/mol. The number of fused-ring (bicyclic) bond motifs is 2. The highest BCUT2D eigenvalue weighted by molar-refractivity contribution is 6.07. The zero-order valence-corrected chi connectivity index (χ0v) is 20.9. The van der Waals surface area contributed by atoms with Crippen LogP contribution < -0.4 is 10.1 Å². The minimum Gasteiger partial charge on any atom is -0.489 e. The number of morpholine rings is 1. The van der Waals surface area contributed by atoms with Gasteiger partial charge in [-0.3, -0.25) is 34.3 Å². The Kier molecular flexibility index (Phi) is 7.34. The van der Waals surface area contributed by atoms with Crippen LogP contribution >= 0.6 is 0 Å². The molecule has 2 bridgehead atoms. The highest BCUT2D eigenvalue weighted by Crippen LogP contribution is 2.28. The second-order valence-electron chi connectivity index (χ2n) is 9.97. The van der Waals surface area contributed by atoms with Crippen molar-refractivity contribution in [2.75, 3.05) is 13.1 Å². The van der Waals surface area contributed by atoms with E-state index in [1.807, 2.05) is 12.1 Å². The number of nitrogens with one attached hydrogen (secondary N) is 1. The molecule has 3 aliphatic heterocycles. The van der Waals surface area contributed by atoms with Gasteiger partial charge in [0, 0.05) is 37.2 Å². The Morgan fingerprint density at radius 1 is 1.08 bits per heavy atom. The largest absolute Gasteiger partial charge is 0.489 e. The standard InChI is InChI=1S/C28H31N3O6/c1-18-23(28(35)31(17-32)24-11-12-26(33)29-27(24)34)3-2-4-25(18)36-16-20-7-5-19(6-8-20)13-30-14-21-9-10-22(15-30)37-21/h2-8,17,21-22,24H,9-16H2,1H3,(H,29,33,34). The summed E-state index contributed by atoms with van der Waals surface area (Å²) in [6.45, 7) is 4.95. The van der Waals surface area contributed by atoms with Crippen LogP contribution in [0.4, 0.5) is 0 Å². The van der Waals surface area contributed by atoms with Crippen LogP contribution in [0.5, 0.6) is 5.75 Å². The number of rotatable bonds is 8. The number of imide groups is 2. The summed E-state index contributed by atoms with van der Waals surface area (Å²) in [4.78, 5) is 51.9. The predicted octanol–water partition coefficient (Wildman–Crippen LogP) is 2.34. The van der Waals surface area contributed by atoms with Crippen LogP contribution in [0.25, 0.3) is 0 Å². The summed E-state index contributed by atoms with van der Waals surface area (Å²) >= 11 is 0. The fraction of sp³-hybridized carbons (Fsp3) is 0.429. The molecule has 3 unspecified atom stereocenters. The molecule has 3 aliphatic rings. The molecule has 0 saturated carbocycles. The maximum absolute atomic E-state index is 13.2. The third-order valence-electron chi connectivity index (χ3n) is 7.35. The van der Waals surface area contributed by atoms with E-state index in [4.69, 9.17) is 9.47 Å². The SMILES string of the molecule is Cc1c(OCc2ccc(CN3CC4CCC(C3)O4)cc2)cccc1C(=O)N(C=O)C1CCC(=O)NC1=O. The Balaban J connectivity index is 1.21. The smallest absolute Gasteiger partial charge is 0.261 e. The van der Waals surface area contributed by atoms with E-state index in [0.717, 1.165) is 42.9 Å². The van der Waals surface area contributed by atoms with Gasteiger partial charge in [0.15, 0.2) is 0 Å². The van der Waals surface area contributed by atoms with Gasteiger partial charge < -0.3 is 9.47 Å². The van der Waals surface area contributed by atoms with Crippen LogP contribution in [-0.2, 0) is 32.3 Å². The van der Waals surface area contributed by atoms with E-state index in [9.17, 15) is 19.2 Å². The fourth-order valence-corrected chi connectivity index (χ4v) is 5.34. The minimum atomic E-state index is -1.02. The molecule has 1 N–H and O–H groups in total. The van der Waals surface area contributed by atoms with Gasteiger partial charge >= 0.3 is 0 Å². The Hall–Kier alpha value is -3.56. The number of carbonyl (C=O) groups excluding carboxylic acids is 4. The van der Waals surface area contributed by atoms with Crippen LogP contribution in [0, 0.1) is 6.92 Å². The van der Waals surface area contributed by atoms with Gasteiger partial charge in [-0.2, -0.15) is 0 Å². The first-order valence-electron chi connectivity index (χ1n) is 12.7. The minimum absolute atomic E-state index is 0.0719. The Labute approximate surface area is 215 Å². The predicted molar refractivity (Wildman–Crippen MR) is 134 cm³/mol. The lowest BCUT2D eigenvalue weighted by Gasteiger charge is -2.32. The van der Waals surface area contributed by atoms with E-state index in [1.165, 1.54) is 5.56 Å². The molecule has 4 amide bonds. The van der Waals surface area contributed by atoms with Crippen LogP contribution in [-0.4, -0.2) is 65.3 Å². The molecule has 3 saturated heterocycles. The van der Waals surface area contributed by atoms with Crippen LogP contribution in [0.15, 0.2) is 42.5 Å². The molecule has 0 spiro atoms. The zero-order valence-electron chi connectivity index (χ0n) is 20.9. The molecule has 37 heavy (non-hydrogen) atoms. The highest BCUT2D eigenvalue weighted by Gasteiger charge is 2.36. The number of ether oxygens (including phenoxy) is 2. The number of carbonyl (C=O) groups is 4. The summed E-state index contributed by atoms with van der Waals surface area (Å²) in [6.07, 6.45) is 3.59. The molecule has 0 aliphatic carbocycles. The van der Waals surface area contributed by atoms with Gasteiger partial charge in [-0.25, -0.2) is 0 Å². The molecule has 9 heteroatoms. The van der Waals surface area contributed by atoms with E-state index in [0.29, 0.717) is 36.5 Å². The normalized spacial score (nSPS) is 23.4. The number of piperidine rings is 1. The van der Waals surface area contributed by atoms with Crippen molar-refractivity contribution < 1.29 is 28.7 Å². The third kappa shape index (κ3) is 5.57. The van der Waals surface area contributed by atoms with E-state index in [2.05, 4.69) is 22.3 Å². The van der Waals surface area contributed by atoms with Gasteiger partial charge in [-0.15, -0.1) is 0 Å². The van der Waals surface area contributed by atoms with Gasteiger partial charge in [0.1, 0.15) is 18.4 Å². The summed E-state index contributed by atoms with van der Waals surface area (Å²) in [5.74, 6) is -1.14. The number of amides is 4. The first-order chi connectivity index (χ1) is 17.9. The van der Waals surface area contributed by atoms with Crippen molar-refractivity contribution in [3.63, 3.8) is 0 Å². The molecule has 0 aromatic heterocycles. The maximum Gasteiger partial charge on any atom is 0.261 e. The van der Waals surface area contributed by atoms with Gasteiger partial charge in [-0.05, 0) is 49.4 Å². The monoisotopic (exact) mass is 505 g/mol. The van der Waals surface area contributed by atoms with Crippen LogP contribution in [0.3, 0.4) is 0 Å². The highest BCUT2D eigenvalue weighted by atomic mass is 16.5. The van der Waals surface area contributed by atoms with E-state index in [-0.39, 0.29) is 18.4 Å². The quantitative estimate of drug-likeness (QED) is 0.434. The Morgan fingerprint density at radius 3 is 2.46 bits per heavy atom. The summed E-state index contributed by atoms with van der Waals surface area (Å²) in [7, 11) is 0. The van der Waals surface area contributed by atoms with Crippen molar-refractivity contribution >= 4 is 24.1 Å². The number of benzene rings is 2. The number of nitrogens with zero attached hydrogens (tertiary/aromatic N) is 2. The second-order valence-corrected chi connectivity index (χ2v) is 9.97. The van der Waals surface area contributed by atoms with Crippen molar-refractivity contribution in [2.45, 2.75) is 64.0 Å². The van der Waals surface area contributed by atoms with Gasteiger partial charge in [0.05, 0.1) is 12.2 Å². The maximum atomic E-state index is 13.2. The van der Waals surface area contributed by atoms with E-state index >= 15 is 0 Å². The third-order valence-corrected chi connectivity index (χ3v) is 7.35. The van der Waals surface area contributed by atoms with Gasteiger partial charge in [-0.1, -0.05) is 30.3 Å². The molecule has 0 radical (unpaired) electrons. The van der Waals surface area contributed by atoms with Crippen LogP contribution in [0.1, 0.15) is 52.7 Å². The average molecular weight is 506 g/mol.